The monoisotopic (exact) mass is 407 g/mol. The predicted octanol–water partition coefficient (Wildman–Crippen LogP) is 2.21. The number of methoxy groups -OCH3 is 1. The molecule has 1 atom stereocenters. The molecule has 0 spiro atoms. The first-order valence-corrected chi connectivity index (χ1v) is 9.01. The van der Waals surface area contributed by atoms with E-state index in [0.29, 0.717) is 24.2 Å². The number of carbonyl (C=O) groups excluding carboxylic acids is 2. The second-order valence-corrected chi connectivity index (χ2v) is 6.63. The fraction of sp³-hybridized carbons (Fsp3) is 0.421. The minimum atomic E-state index is -0.820. The number of ether oxygens (including phenoxy) is 1. The summed E-state index contributed by atoms with van der Waals surface area (Å²) in [5, 5.41) is 13.1. The van der Waals surface area contributed by atoms with Gasteiger partial charge in [-0.1, -0.05) is 6.07 Å². The lowest BCUT2D eigenvalue weighted by Gasteiger charge is -2.34. The molecule has 1 fully saturated rings. The van der Waals surface area contributed by atoms with Crippen LogP contribution in [0.1, 0.15) is 25.8 Å². The Balaban J connectivity index is 0.00000280. The average Bonchev–Trinajstić information content (AvgIpc) is 3.23. The molecule has 2 amide bonds. The summed E-state index contributed by atoms with van der Waals surface area (Å²) in [4.78, 5) is 25.2. The van der Waals surface area contributed by atoms with Crippen molar-refractivity contribution in [2.45, 2.75) is 31.4 Å². The molecular formula is C19H26ClN5O3. The predicted molar refractivity (Wildman–Crippen MR) is 110 cm³/mol. The Kier molecular flexibility index (Phi) is 7.56. The summed E-state index contributed by atoms with van der Waals surface area (Å²) in [6, 6.07) is 8.41. The smallest absolute Gasteiger partial charge is 0.256 e. The number of piperidine rings is 1. The molecule has 0 bridgehead atoms. The van der Waals surface area contributed by atoms with Gasteiger partial charge < -0.3 is 20.7 Å². The summed E-state index contributed by atoms with van der Waals surface area (Å²) in [5.74, 6) is -0.353. The largest absolute Gasteiger partial charge is 0.368 e. The van der Waals surface area contributed by atoms with Gasteiger partial charge in [0.2, 0.25) is 5.91 Å². The van der Waals surface area contributed by atoms with E-state index in [2.05, 4.69) is 21.0 Å². The summed E-state index contributed by atoms with van der Waals surface area (Å²) >= 11 is 0. The number of nitrogens with one attached hydrogen (secondary N) is 3. The highest BCUT2D eigenvalue weighted by Gasteiger charge is 2.39. The van der Waals surface area contributed by atoms with Crippen LogP contribution >= 0.6 is 12.4 Å². The van der Waals surface area contributed by atoms with Gasteiger partial charge >= 0.3 is 0 Å². The van der Waals surface area contributed by atoms with Crippen LogP contribution in [0, 0.1) is 0 Å². The molecule has 1 aliphatic heterocycles. The Bertz CT molecular complexity index is 791. The highest BCUT2D eigenvalue weighted by Crippen LogP contribution is 2.25. The molecule has 1 aromatic heterocycles. The number of amides is 2. The third-order valence-corrected chi connectivity index (χ3v) is 4.90. The molecule has 3 rings (SSSR count). The van der Waals surface area contributed by atoms with Crippen LogP contribution in [-0.4, -0.2) is 47.4 Å². The molecule has 2 aromatic rings. The molecular weight excluding hydrogens is 382 g/mol. The van der Waals surface area contributed by atoms with Gasteiger partial charge in [-0.05, 0) is 57.1 Å². The number of carbonyl (C=O) groups is 2. The Hall–Kier alpha value is -2.42. The Morgan fingerprint density at radius 1 is 1.21 bits per heavy atom. The fourth-order valence-corrected chi connectivity index (χ4v) is 3.15. The highest BCUT2D eigenvalue weighted by atomic mass is 35.5. The van der Waals surface area contributed by atoms with Crippen LogP contribution in [0.5, 0.6) is 0 Å². The van der Waals surface area contributed by atoms with Crippen LogP contribution in [0.15, 0.2) is 42.7 Å². The number of nitrogens with zero attached hydrogens (tertiary/aromatic N) is 2. The third kappa shape index (κ3) is 4.89. The van der Waals surface area contributed by atoms with Gasteiger partial charge in [0.1, 0.15) is 11.6 Å². The maximum absolute atomic E-state index is 12.8. The van der Waals surface area contributed by atoms with Crippen molar-refractivity contribution in [3.05, 3.63) is 42.7 Å². The van der Waals surface area contributed by atoms with E-state index < -0.39 is 11.6 Å². The minimum absolute atomic E-state index is 0. The molecule has 8 nitrogen and oxygen atoms in total. The van der Waals surface area contributed by atoms with Gasteiger partial charge in [0.25, 0.3) is 5.91 Å². The summed E-state index contributed by atoms with van der Waals surface area (Å²) in [5.41, 5.74) is 0.395. The number of hydrogen-bond donors (Lipinski definition) is 3. The molecule has 0 aliphatic carbocycles. The van der Waals surface area contributed by atoms with Crippen molar-refractivity contribution in [3.63, 3.8) is 0 Å². The number of benzene rings is 1. The van der Waals surface area contributed by atoms with E-state index in [4.69, 9.17) is 4.74 Å². The lowest BCUT2D eigenvalue weighted by molar-refractivity contribution is -0.140. The van der Waals surface area contributed by atoms with E-state index in [0.717, 1.165) is 13.1 Å². The van der Waals surface area contributed by atoms with E-state index in [1.807, 2.05) is 0 Å². The second kappa shape index (κ2) is 9.68. The number of hydrogen-bond acceptors (Lipinski definition) is 5. The highest BCUT2D eigenvalue weighted by molar-refractivity contribution is 5.99. The van der Waals surface area contributed by atoms with E-state index in [1.165, 1.54) is 0 Å². The minimum Gasteiger partial charge on any atom is -0.368 e. The number of halogens is 1. The van der Waals surface area contributed by atoms with Crippen LogP contribution in [0.4, 0.5) is 11.4 Å². The van der Waals surface area contributed by atoms with Crippen molar-refractivity contribution in [1.29, 1.82) is 0 Å². The number of rotatable bonds is 6. The SMILES string of the molecule is COC1(C(=O)Nc2cccc(NC(=O)C(C)n3cccn3)c2)CCNCC1.Cl. The molecule has 1 saturated heterocycles. The Morgan fingerprint density at radius 2 is 1.89 bits per heavy atom. The van der Waals surface area contributed by atoms with Crippen molar-refractivity contribution in [2.24, 2.45) is 0 Å². The lowest BCUT2D eigenvalue weighted by Crippen LogP contribution is -2.51. The molecule has 0 saturated carbocycles. The average molecular weight is 408 g/mol. The van der Waals surface area contributed by atoms with Gasteiger partial charge in [0.15, 0.2) is 0 Å². The quantitative estimate of drug-likeness (QED) is 0.682. The zero-order chi connectivity index (χ0) is 19.3. The lowest BCUT2D eigenvalue weighted by atomic mass is 9.91. The van der Waals surface area contributed by atoms with Crippen LogP contribution in [0.25, 0.3) is 0 Å². The maximum atomic E-state index is 12.8. The van der Waals surface area contributed by atoms with Gasteiger partial charge in [0.05, 0.1) is 0 Å². The summed E-state index contributed by atoms with van der Waals surface area (Å²) in [6.07, 6.45) is 4.61. The van der Waals surface area contributed by atoms with Crippen molar-refractivity contribution in [2.75, 3.05) is 30.8 Å². The van der Waals surface area contributed by atoms with Crippen molar-refractivity contribution in [1.82, 2.24) is 15.1 Å². The fourth-order valence-electron chi connectivity index (χ4n) is 3.15. The van der Waals surface area contributed by atoms with E-state index in [1.54, 1.807) is 61.4 Å². The van der Waals surface area contributed by atoms with E-state index in [-0.39, 0.29) is 24.2 Å². The first-order valence-electron chi connectivity index (χ1n) is 9.01. The molecule has 28 heavy (non-hydrogen) atoms. The van der Waals surface area contributed by atoms with Crippen LogP contribution in [-0.2, 0) is 14.3 Å². The topological polar surface area (TPSA) is 97.3 Å². The van der Waals surface area contributed by atoms with E-state index >= 15 is 0 Å². The Morgan fingerprint density at radius 3 is 2.50 bits per heavy atom. The van der Waals surface area contributed by atoms with Crippen molar-refractivity contribution >= 4 is 35.6 Å². The van der Waals surface area contributed by atoms with Gasteiger partial charge in [-0.15, -0.1) is 12.4 Å². The second-order valence-electron chi connectivity index (χ2n) is 6.63. The standard InChI is InChI=1S/C19H25N5O3.ClH/c1-14(24-12-4-9-21-24)17(25)22-15-5-3-6-16(13-15)23-18(26)19(27-2)7-10-20-11-8-19;/h3-6,9,12-14,20H,7-8,10-11H2,1-2H3,(H,22,25)(H,23,26);1H. The van der Waals surface area contributed by atoms with Crippen molar-refractivity contribution < 1.29 is 14.3 Å². The summed E-state index contributed by atoms with van der Waals surface area (Å²) in [7, 11) is 1.57. The molecule has 1 unspecified atom stereocenters. The summed E-state index contributed by atoms with van der Waals surface area (Å²) < 4.78 is 7.13. The van der Waals surface area contributed by atoms with Gasteiger partial charge in [-0.25, -0.2) is 0 Å². The molecule has 152 valence electrons. The van der Waals surface area contributed by atoms with Crippen LogP contribution in [0.3, 0.4) is 0 Å². The van der Waals surface area contributed by atoms with Crippen LogP contribution < -0.4 is 16.0 Å². The molecule has 1 aromatic carbocycles. The zero-order valence-corrected chi connectivity index (χ0v) is 16.8. The number of aromatic nitrogens is 2. The van der Waals surface area contributed by atoms with Gasteiger partial charge in [-0.2, -0.15) is 5.10 Å². The van der Waals surface area contributed by atoms with Crippen LogP contribution in [0.2, 0.25) is 0 Å². The van der Waals surface area contributed by atoms with Crippen molar-refractivity contribution in [3.8, 4) is 0 Å². The molecule has 2 heterocycles. The molecule has 3 N–H and O–H groups in total. The number of anilines is 2. The van der Waals surface area contributed by atoms with Gasteiger partial charge in [0, 0.05) is 30.9 Å². The first-order chi connectivity index (χ1) is 13.0. The zero-order valence-electron chi connectivity index (χ0n) is 16.0. The first kappa shape index (κ1) is 21.9. The third-order valence-electron chi connectivity index (χ3n) is 4.90. The Labute approximate surface area is 170 Å². The summed E-state index contributed by atoms with van der Waals surface area (Å²) in [6.45, 7) is 3.25. The maximum Gasteiger partial charge on any atom is 0.256 e. The normalized spacial score (nSPS) is 16.5. The molecule has 1 aliphatic rings. The molecule has 0 radical (unpaired) electrons. The van der Waals surface area contributed by atoms with E-state index in [9.17, 15) is 9.59 Å². The van der Waals surface area contributed by atoms with Gasteiger partial charge in [-0.3, -0.25) is 14.3 Å². The molecule has 9 heteroatoms.